The Morgan fingerprint density at radius 3 is 2.80 bits per heavy atom. The highest BCUT2D eigenvalue weighted by molar-refractivity contribution is 5.63. The van der Waals surface area contributed by atoms with Gasteiger partial charge in [0.1, 0.15) is 5.82 Å². The highest BCUT2D eigenvalue weighted by atomic mass is 19.1. The number of rotatable bonds is 2. The van der Waals surface area contributed by atoms with Gasteiger partial charge in [0, 0.05) is 37.9 Å². The molecule has 4 nitrogen and oxygen atoms in total. The van der Waals surface area contributed by atoms with Crippen molar-refractivity contribution in [2.75, 3.05) is 31.1 Å². The summed E-state index contributed by atoms with van der Waals surface area (Å²) in [6.07, 6.45) is 1.81. The summed E-state index contributed by atoms with van der Waals surface area (Å²) in [6.45, 7) is 5.61. The lowest BCUT2D eigenvalue weighted by molar-refractivity contribution is 0.580. The van der Waals surface area contributed by atoms with Crippen LogP contribution in [-0.2, 0) is 0 Å². The lowest BCUT2D eigenvalue weighted by atomic mass is 10.1. The van der Waals surface area contributed by atoms with E-state index in [0.29, 0.717) is 0 Å². The van der Waals surface area contributed by atoms with Gasteiger partial charge in [0.25, 0.3) is 0 Å². The predicted molar refractivity (Wildman–Crippen MR) is 77.2 cm³/mol. The van der Waals surface area contributed by atoms with Crippen molar-refractivity contribution in [3.63, 3.8) is 0 Å². The van der Waals surface area contributed by atoms with Crippen LogP contribution in [0.4, 0.5) is 10.3 Å². The molecule has 0 atom stereocenters. The minimum atomic E-state index is -0.246. The number of aromatic nitrogens is 2. The minimum Gasteiger partial charge on any atom is -0.338 e. The average Bonchev–Trinajstić information content (AvgIpc) is 2.48. The molecule has 20 heavy (non-hydrogen) atoms. The summed E-state index contributed by atoms with van der Waals surface area (Å²) in [4.78, 5) is 11.2. The van der Waals surface area contributed by atoms with Crippen molar-refractivity contribution in [2.45, 2.75) is 6.92 Å². The topological polar surface area (TPSA) is 41.1 Å². The molecule has 1 aliphatic heterocycles. The summed E-state index contributed by atoms with van der Waals surface area (Å²) in [6, 6.07) is 6.53. The Morgan fingerprint density at radius 1 is 1.25 bits per heavy atom. The zero-order valence-corrected chi connectivity index (χ0v) is 11.4. The van der Waals surface area contributed by atoms with Gasteiger partial charge in [-0.05, 0) is 24.6 Å². The summed E-state index contributed by atoms with van der Waals surface area (Å²) in [7, 11) is 0. The number of nitrogens with zero attached hydrogens (tertiary/aromatic N) is 3. The van der Waals surface area contributed by atoms with Crippen LogP contribution in [0, 0.1) is 12.7 Å². The van der Waals surface area contributed by atoms with Crippen LogP contribution in [0.1, 0.15) is 5.56 Å². The second kappa shape index (κ2) is 5.54. The van der Waals surface area contributed by atoms with Gasteiger partial charge in [0.15, 0.2) is 0 Å². The van der Waals surface area contributed by atoms with E-state index >= 15 is 0 Å². The van der Waals surface area contributed by atoms with Crippen molar-refractivity contribution < 1.29 is 4.39 Å². The first-order valence-corrected chi connectivity index (χ1v) is 6.79. The van der Waals surface area contributed by atoms with E-state index in [-0.39, 0.29) is 5.82 Å². The highest BCUT2D eigenvalue weighted by Gasteiger charge is 2.15. The largest absolute Gasteiger partial charge is 0.338 e. The van der Waals surface area contributed by atoms with Crippen LogP contribution in [0.15, 0.2) is 30.5 Å². The molecule has 1 aromatic carbocycles. The smallest absolute Gasteiger partial charge is 0.225 e. The SMILES string of the molecule is Cc1cnc(N2CCNCC2)nc1-c1cccc(F)c1. The van der Waals surface area contributed by atoms with Gasteiger partial charge < -0.3 is 10.2 Å². The molecule has 1 saturated heterocycles. The van der Waals surface area contributed by atoms with Crippen molar-refractivity contribution in [1.29, 1.82) is 0 Å². The first-order valence-electron chi connectivity index (χ1n) is 6.79. The van der Waals surface area contributed by atoms with Crippen LogP contribution in [0.25, 0.3) is 11.3 Å². The minimum absolute atomic E-state index is 0.246. The summed E-state index contributed by atoms with van der Waals surface area (Å²) < 4.78 is 13.4. The van der Waals surface area contributed by atoms with E-state index in [1.165, 1.54) is 12.1 Å². The normalized spacial score (nSPS) is 15.4. The van der Waals surface area contributed by atoms with Gasteiger partial charge in [0.05, 0.1) is 5.69 Å². The van der Waals surface area contributed by atoms with E-state index in [1.54, 1.807) is 6.07 Å². The number of anilines is 1. The van der Waals surface area contributed by atoms with Crippen LogP contribution in [0.3, 0.4) is 0 Å². The summed E-state index contributed by atoms with van der Waals surface area (Å²) in [5, 5.41) is 3.30. The maximum atomic E-state index is 13.4. The average molecular weight is 272 g/mol. The molecule has 1 aromatic heterocycles. The molecule has 0 spiro atoms. The van der Waals surface area contributed by atoms with Gasteiger partial charge >= 0.3 is 0 Å². The van der Waals surface area contributed by atoms with E-state index in [0.717, 1.165) is 48.9 Å². The van der Waals surface area contributed by atoms with Gasteiger partial charge in [-0.3, -0.25) is 0 Å². The first-order chi connectivity index (χ1) is 9.74. The van der Waals surface area contributed by atoms with Gasteiger partial charge in [-0.2, -0.15) is 0 Å². The summed E-state index contributed by atoms with van der Waals surface area (Å²) in [5.74, 6) is 0.473. The number of aryl methyl sites for hydroxylation is 1. The molecule has 0 saturated carbocycles. The number of hydrogen-bond acceptors (Lipinski definition) is 4. The Morgan fingerprint density at radius 2 is 2.05 bits per heavy atom. The number of nitrogens with one attached hydrogen (secondary N) is 1. The second-order valence-corrected chi connectivity index (χ2v) is 4.95. The maximum absolute atomic E-state index is 13.4. The fraction of sp³-hybridized carbons (Fsp3) is 0.333. The molecule has 0 bridgehead atoms. The molecule has 2 heterocycles. The highest BCUT2D eigenvalue weighted by Crippen LogP contribution is 2.23. The molecule has 2 aromatic rings. The molecule has 5 heteroatoms. The van der Waals surface area contributed by atoms with E-state index in [2.05, 4.69) is 20.2 Å². The van der Waals surface area contributed by atoms with Gasteiger partial charge in [0.2, 0.25) is 5.95 Å². The number of halogens is 1. The fourth-order valence-electron chi connectivity index (χ4n) is 2.38. The molecule has 104 valence electrons. The van der Waals surface area contributed by atoms with Gasteiger partial charge in [-0.15, -0.1) is 0 Å². The Bertz CT molecular complexity index is 609. The first kappa shape index (κ1) is 13.0. The van der Waals surface area contributed by atoms with E-state index in [9.17, 15) is 4.39 Å². The number of hydrogen-bond donors (Lipinski definition) is 1. The van der Waals surface area contributed by atoms with Gasteiger partial charge in [-0.1, -0.05) is 12.1 Å². The van der Waals surface area contributed by atoms with E-state index in [4.69, 9.17) is 0 Å². The molecule has 0 radical (unpaired) electrons. The van der Waals surface area contributed by atoms with Crippen LogP contribution >= 0.6 is 0 Å². The van der Waals surface area contributed by atoms with E-state index in [1.807, 2.05) is 19.2 Å². The summed E-state index contributed by atoms with van der Waals surface area (Å²) >= 11 is 0. The molecule has 3 rings (SSSR count). The van der Waals surface area contributed by atoms with Gasteiger partial charge in [-0.25, -0.2) is 14.4 Å². The maximum Gasteiger partial charge on any atom is 0.225 e. The summed E-state index contributed by atoms with van der Waals surface area (Å²) in [5.41, 5.74) is 2.55. The standard InChI is InChI=1S/C15H17FN4/c1-11-10-18-15(20-7-5-17-6-8-20)19-14(11)12-3-2-4-13(16)9-12/h2-4,9-10,17H,5-8H2,1H3. The molecule has 1 N–H and O–H groups in total. The monoisotopic (exact) mass is 272 g/mol. The zero-order valence-electron chi connectivity index (χ0n) is 11.4. The van der Waals surface area contributed by atoms with Crippen LogP contribution in [-0.4, -0.2) is 36.1 Å². The molecule has 1 aliphatic rings. The Labute approximate surface area is 117 Å². The number of benzene rings is 1. The number of piperazine rings is 1. The molecular weight excluding hydrogens is 255 g/mol. The fourth-order valence-corrected chi connectivity index (χ4v) is 2.38. The van der Waals surface area contributed by atoms with Crippen molar-refractivity contribution in [3.8, 4) is 11.3 Å². The lowest BCUT2D eigenvalue weighted by Gasteiger charge is -2.27. The Balaban J connectivity index is 1.98. The second-order valence-electron chi connectivity index (χ2n) is 4.95. The molecule has 1 fully saturated rings. The van der Waals surface area contributed by atoms with Crippen molar-refractivity contribution in [3.05, 3.63) is 41.8 Å². The Hall–Kier alpha value is -2.01. The Kier molecular flexibility index (Phi) is 3.60. The zero-order chi connectivity index (χ0) is 13.9. The lowest BCUT2D eigenvalue weighted by Crippen LogP contribution is -2.44. The van der Waals surface area contributed by atoms with Crippen LogP contribution < -0.4 is 10.2 Å². The van der Waals surface area contributed by atoms with Crippen molar-refractivity contribution >= 4 is 5.95 Å². The molecule has 0 unspecified atom stereocenters. The van der Waals surface area contributed by atoms with Crippen LogP contribution in [0.5, 0.6) is 0 Å². The molecule has 0 amide bonds. The molecule has 0 aliphatic carbocycles. The molecular formula is C15H17FN4. The third kappa shape index (κ3) is 2.63. The quantitative estimate of drug-likeness (QED) is 0.908. The van der Waals surface area contributed by atoms with Crippen LogP contribution in [0.2, 0.25) is 0 Å². The third-order valence-corrected chi connectivity index (χ3v) is 3.46. The van der Waals surface area contributed by atoms with Crippen molar-refractivity contribution in [1.82, 2.24) is 15.3 Å². The van der Waals surface area contributed by atoms with E-state index < -0.39 is 0 Å². The third-order valence-electron chi connectivity index (χ3n) is 3.46. The van der Waals surface area contributed by atoms with Crippen molar-refractivity contribution in [2.24, 2.45) is 0 Å². The predicted octanol–water partition coefficient (Wildman–Crippen LogP) is 2.00.